The normalized spacial score (nSPS) is 11.4. The van der Waals surface area contributed by atoms with Crippen molar-refractivity contribution in [2.75, 3.05) is 0 Å². The van der Waals surface area contributed by atoms with E-state index in [4.69, 9.17) is 10.7 Å². The van der Waals surface area contributed by atoms with Crippen molar-refractivity contribution in [2.24, 2.45) is 11.7 Å². The first kappa shape index (κ1) is 13.8. The predicted octanol–water partition coefficient (Wildman–Crippen LogP) is 3.21. The lowest BCUT2D eigenvalue weighted by Crippen LogP contribution is -2.06. The second kappa shape index (κ2) is 5.66. The summed E-state index contributed by atoms with van der Waals surface area (Å²) in [5, 5.41) is 0. The fourth-order valence-corrected chi connectivity index (χ4v) is 2.57. The molecule has 0 fully saturated rings. The van der Waals surface area contributed by atoms with Crippen LogP contribution in [0.1, 0.15) is 19.4 Å². The molecule has 2 N–H and O–H groups in total. The third-order valence-electron chi connectivity index (χ3n) is 3.53. The molecule has 0 aliphatic heterocycles. The molecule has 3 aromatic rings. The van der Waals surface area contributed by atoms with Crippen LogP contribution in [-0.4, -0.2) is 14.5 Å². The van der Waals surface area contributed by atoms with Crippen molar-refractivity contribution in [3.8, 4) is 11.4 Å². The van der Waals surface area contributed by atoms with Crippen molar-refractivity contribution in [2.45, 2.75) is 26.9 Å². The number of pyridine rings is 1. The Bertz CT molecular complexity index is 744. The Morgan fingerprint density at radius 1 is 1.14 bits per heavy atom. The maximum Gasteiger partial charge on any atom is 0.141 e. The van der Waals surface area contributed by atoms with E-state index < -0.39 is 0 Å². The van der Waals surface area contributed by atoms with Crippen LogP contribution in [0.5, 0.6) is 0 Å². The minimum atomic E-state index is 0.539. The molecule has 3 rings (SSSR count). The van der Waals surface area contributed by atoms with Gasteiger partial charge in [-0.2, -0.15) is 0 Å². The summed E-state index contributed by atoms with van der Waals surface area (Å²) in [6, 6.07) is 10.3. The maximum absolute atomic E-state index is 5.73. The van der Waals surface area contributed by atoms with Crippen molar-refractivity contribution in [3.63, 3.8) is 0 Å². The molecule has 0 saturated heterocycles. The van der Waals surface area contributed by atoms with E-state index in [1.807, 2.05) is 12.1 Å². The van der Waals surface area contributed by atoms with E-state index in [1.165, 1.54) is 0 Å². The number of hydrogen-bond acceptors (Lipinski definition) is 3. The maximum atomic E-state index is 5.73. The van der Waals surface area contributed by atoms with Gasteiger partial charge in [-0.1, -0.05) is 19.9 Å². The highest BCUT2D eigenvalue weighted by molar-refractivity contribution is 5.81. The highest BCUT2D eigenvalue weighted by atomic mass is 15.1. The van der Waals surface area contributed by atoms with Crippen LogP contribution in [-0.2, 0) is 13.1 Å². The SMILES string of the molecule is CC(C)Cn1c(-c2ccncc2)nc2cc(CN)ccc21. The van der Waals surface area contributed by atoms with Crippen LogP contribution in [0.3, 0.4) is 0 Å². The largest absolute Gasteiger partial charge is 0.326 e. The van der Waals surface area contributed by atoms with Crippen LogP contribution in [0, 0.1) is 5.92 Å². The first-order valence-electron chi connectivity index (χ1n) is 7.28. The molecule has 0 aliphatic rings. The number of aromatic nitrogens is 3. The highest BCUT2D eigenvalue weighted by Gasteiger charge is 2.13. The summed E-state index contributed by atoms with van der Waals surface area (Å²) in [4.78, 5) is 8.91. The molecule has 108 valence electrons. The van der Waals surface area contributed by atoms with Gasteiger partial charge in [0.2, 0.25) is 0 Å². The van der Waals surface area contributed by atoms with E-state index in [9.17, 15) is 0 Å². The van der Waals surface area contributed by atoms with Crippen molar-refractivity contribution < 1.29 is 0 Å². The lowest BCUT2D eigenvalue weighted by atomic mass is 10.2. The van der Waals surface area contributed by atoms with Gasteiger partial charge in [-0.05, 0) is 35.7 Å². The van der Waals surface area contributed by atoms with Crippen molar-refractivity contribution in [1.29, 1.82) is 0 Å². The van der Waals surface area contributed by atoms with Gasteiger partial charge in [0.15, 0.2) is 0 Å². The third-order valence-corrected chi connectivity index (χ3v) is 3.53. The Morgan fingerprint density at radius 3 is 2.57 bits per heavy atom. The van der Waals surface area contributed by atoms with Gasteiger partial charge in [-0.25, -0.2) is 4.98 Å². The van der Waals surface area contributed by atoms with Crippen molar-refractivity contribution in [3.05, 3.63) is 48.3 Å². The van der Waals surface area contributed by atoms with E-state index in [1.54, 1.807) is 12.4 Å². The first-order chi connectivity index (χ1) is 10.2. The average Bonchev–Trinajstić information content (AvgIpc) is 2.85. The molecule has 0 atom stereocenters. The standard InChI is InChI=1S/C17H20N4/c1-12(2)11-21-16-4-3-13(10-18)9-15(16)20-17(21)14-5-7-19-8-6-14/h3-9,12H,10-11,18H2,1-2H3. The van der Waals surface area contributed by atoms with Crippen molar-refractivity contribution >= 4 is 11.0 Å². The van der Waals surface area contributed by atoms with Crippen LogP contribution < -0.4 is 5.73 Å². The second-order valence-electron chi connectivity index (χ2n) is 5.70. The van der Waals surface area contributed by atoms with E-state index in [0.717, 1.165) is 34.5 Å². The minimum absolute atomic E-state index is 0.539. The number of nitrogens with zero attached hydrogens (tertiary/aromatic N) is 3. The number of nitrogens with two attached hydrogens (primary N) is 1. The molecular formula is C17H20N4. The summed E-state index contributed by atoms with van der Waals surface area (Å²) in [5.74, 6) is 1.55. The van der Waals surface area contributed by atoms with Gasteiger partial charge in [0.05, 0.1) is 11.0 Å². The van der Waals surface area contributed by atoms with Gasteiger partial charge in [-0.3, -0.25) is 4.98 Å². The summed E-state index contributed by atoms with van der Waals surface area (Å²) < 4.78 is 2.29. The molecule has 0 spiro atoms. The summed E-state index contributed by atoms with van der Waals surface area (Å²) in [5.41, 5.74) is 10.1. The summed E-state index contributed by atoms with van der Waals surface area (Å²) >= 11 is 0. The average molecular weight is 280 g/mol. The van der Waals surface area contributed by atoms with Gasteiger partial charge in [0.1, 0.15) is 5.82 Å². The Hall–Kier alpha value is -2.20. The summed E-state index contributed by atoms with van der Waals surface area (Å²) in [6.07, 6.45) is 3.61. The topological polar surface area (TPSA) is 56.7 Å². The van der Waals surface area contributed by atoms with Crippen LogP contribution >= 0.6 is 0 Å². The Balaban J connectivity index is 2.22. The zero-order valence-corrected chi connectivity index (χ0v) is 12.5. The van der Waals surface area contributed by atoms with E-state index >= 15 is 0 Å². The molecule has 0 aliphatic carbocycles. The molecule has 0 amide bonds. The molecule has 21 heavy (non-hydrogen) atoms. The highest BCUT2D eigenvalue weighted by Crippen LogP contribution is 2.26. The van der Waals surface area contributed by atoms with Crippen LogP contribution in [0.2, 0.25) is 0 Å². The predicted molar refractivity (Wildman–Crippen MR) is 85.7 cm³/mol. The van der Waals surface area contributed by atoms with Gasteiger partial charge in [0.25, 0.3) is 0 Å². The molecule has 4 nitrogen and oxygen atoms in total. The van der Waals surface area contributed by atoms with E-state index in [0.29, 0.717) is 12.5 Å². The Kier molecular flexibility index (Phi) is 3.71. The van der Waals surface area contributed by atoms with Gasteiger partial charge in [-0.15, -0.1) is 0 Å². The fourth-order valence-electron chi connectivity index (χ4n) is 2.57. The Morgan fingerprint density at radius 2 is 1.90 bits per heavy atom. The molecule has 4 heteroatoms. The monoisotopic (exact) mass is 280 g/mol. The third kappa shape index (κ3) is 2.67. The molecule has 1 aromatic carbocycles. The number of fused-ring (bicyclic) bond motifs is 1. The first-order valence-corrected chi connectivity index (χ1v) is 7.28. The molecular weight excluding hydrogens is 260 g/mol. The fraction of sp³-hybridized carbons (Fsp3) is 0.294. The van der Waals surface area contributed by atoms with Gasteiger partial charge in [0, 0.05) is 31.0 Å². The lowest BCUT2D eigenvalue weighted by molar-refractivity contribution is 0.536. The number of imidazole rings is 1. The van der Waals surface area contributed by atoms with E-state index in [2.05, 4.69) is 41.6 Å². The molecule has 0 saturated carbocycles. The second-order valence-corrected chi connectivity index (χ2v) is 5.70. The molecule has 0 bridgehead atoms. The van der Waals surface area contributed by atoms with Crippen LogP contribution in [0.4, 0.5) is 0 Å². The summed E-state index contributed by atoms with van der Waals surface area (Å²) in [7, 11) is 0. The van der Waals surface area contributed by atoms with Crippen LogP contribution in [0.25, 0.3) is 22.4 Å². The lowest BCUT2D eigenvalue weighted by Gasteiger charge is -2.11. The molecule has 2 heterocycles. The van der Waals surface area contributed by atoms with Crippen LogP contribution in [0.15, 0.2) is 42.7 Å². The van der Waals surface area contributed by atoms with Gasteiger partial charge >= 0.3 is 0 Å². The van der Waals surface area contributed by atoms with Gasteiger partial charge < -0.3 is 10.3 Å². The Labute approximate surface area is 124 Å². The van der Waals surface area contributed by atoms with E-state index in [-0.39, 0.29) is 0 Å². The smallest absolute Gasteiger partial charge is 0.141 e. The minimum Gasteiger partial charge on any atom is -0.326 e. The molecule has 0 unspecified atom stereocenters. The molecule has 0 radical (unpaired) electrons. The number of hydrogen-bond donors (Lipinski definition) is 1. The summed E-state index contributed by atoms with van der Waals surface area (Å²) in [6.45, 7) is 5.92. The zero-order valence-electron chi connectivity index (χ0n) is 12.5. The number of benzene rings is 1. The quantitative estimate of drug-likeness (QED) is 0.798. The van der Waals surface area contributed by atoms with Crippen molar-refractivity contribution in [1.82, 2.24) is 14.5 Å². The zero-order chi connectivity index (χ0) is 14.8. The molecule has 2 aromatic heterocycles. The number of rotatable bonds is 4.